The van der Waals surface area contributed by atoms with Gasteiger partial charge in [-0.15, -0.1) is 6.58 Å². The van der Waals surface area contributed by atoms with E-state index < -0.39 is 0 Å². The molecule has 0 aromatic heterocycles. The number of carbonyl (C=O) groups is 1. The van der Waals surface area contributed by atoms with Crippen LogP contribution in [0.5, 0.6) is 5.75 Å². The van der Waals surface area contributed by atoms with Crippen LogP contribution in [0, 0.1) is 0 Å². The Kier molecular flexibility index (Phi) is 3.97. The minimum Gasteiger partial charge on any atom is -0.497 e. The Morgan fingerprint density at radius 2 is 2.19 bits per heavy atom. The summed E-state index contributed by atoms with van der Waals surface area (Å²) in [6.07, 6.45) is 4.08. The molecule has 0 aliphatic carbocycles. The third kappa shape index (κ3) is 2.56. The second kappa shape index (κ2) is 5.90. The van der Waals surface area contributed by atoms with Crippen molar-refractivity contribution in [3.8, 4) is 5.75 Å². The predicted molar refractivity (Wildman–Crippen MR) is 82.6 cm³/mol. The van der Waals surface area contributed by atoms with Crippen LogP contribution in [0.2, 0.25) is 0 Å². The number of likely N-dealkylation sites (tertiary alicyclic amines) is 2. The highest BCUT2D eigenvalue weighted by atomic mass is 16.5. The molecule has 2 aliphatic rings. The number of nitrogens with zero attached hydrogens (tertiary/aromatic N) is 2. The Labute approximate surface area is 126 Å². The average molecular weight is 286 g/mol. The van der Waals surface area contributed by atoms with Gasteiger partial charge in [-0.3, -0.25) is 9.69 Å². The Morgan fingerprint density at radius 1 is 1.38 bits per heavy atom. The molecule has 4 heteroatoms. The molecule has 4 nitrogen and oxygen atoms in total. The number of benzene rings is 1. The van der Waals surface area contributed by atoms with E-state index in [9.17, 15) is 4.79 Å². The zero-order valence-corrected chi connectivity index (χ0v) is 12.5. The number of amides is 1. The van der Waals surface area contributed by atoms with Gasteiger partial charge in [-0.05, 0) is 31.0 Å². The summed E-state index contributed by atoms with van der Waals surface area (Å²) in [5.74, 6) is 0.859. The molecule has 0 unspecified atom stereocenters. The van der Waals surface area contributed by atoms with Gasteiger partial charge >= 0.3 is 0 Å². The minimum absolute atomic E-state index is 0.127. The van der Waals surface area contributed by atoms with Gasteiger partial charge in [0, 0.05) is 37.3 Å². The lowest BCUT2D eigenvalue weighted by Crippen LogP contribution is -2.39. The highest BCUT2D eigenvalue weighted by Crippen LogP contribution is 2.32. The minimum atomic E-state index is 0.127. The third-order valence-electron chi connectivity index (χ3n) is 4.63. The van der Waals surface area contributed by atoms with E-state index in [1.54, 1.807) is 7.11 Å². The van der Waals surface area contributed by atoms with E-state index in [0.29, 0.717) is 12.1 Å². The summed E-state index contributed by atoms with van der Waals surface area (Å²) < 4.78 is 5.21. The summed E-state index contributed by atoms with van der Waals surface area (Å²) in [5.41, 5.74) is 0.720. The van der Waals surface area contributed by atoms with E-state index in [1.165, 1.54) is 0 Å². The van der Waals surface area contributed by atoms with E-state index >= 15 is 0 Å². The molecule has 1 aromatic rings. The standard InChI is InChI=1S/C17H22N2O2/c1-3-9-18-10-7-16-15(18)8-11-19(16)17(20)13-5-4-6-14(12-13)21-2/h3-6,12,15-16H,1,7-11H2,2H3/t15-,16+/m0/s1. The SMILES string of the molecule is C=CCN1CC[C@@H]2[C@@H]1CCN2C(=O)c1cccc(OC)c1. The molecule has 3 rings (SSSR count). The van der Waals surface area contributed by atoms with Crippen molar-refractivity contribution >= 4 is 5.91 Å². The molecule has 2 aliphatic heterocycles. The number of fused-ring (bicyclic) bond motifs is 1. The number of carbonyl (C=O) groups excluding carboxylic acids is 1. The van der Waals surface area contributed by atoms with Crippen LogP contribution in [-0.2, 0) is 0 Å². The van der Waals surface area contributed by atoms with Crippen LogP contribution in [0.3, 0.4) is 0 Å². The second-order valence-electron chi connectivity index (χ2n) is 5.73. The topological polar surface area (TPSA) is 32.8 Å². The lowest BCUT2D eigenvalue weighted by Gasteiger charge is -2.25. The van der Waals surface area contributed by atoms with Crippen LogP contribution in [0.1, 0.15) is 23.2 Å². The van der Waals surface area contributed by atoms with Crippen LogP contribution in [-0.4, -0.2) is 54.5 Å². The van der Waals surface area contributed by atoms with Gasteiger partial charge < -0.3 is 9.64 Å². The Hall–Kier alpha value is -1.81. The van der Waals surface area contributed by atoms with Crippen molar-refractivity contribution in [1.29, 1.82) is 0 Å². The molecule has 1 amide bonds. The van der Waals surface area contributed by atoms with E-state index in [-0.39, 0.29) is 5.91 Å². The van der Waals surface area contributed by atoms with Crippen molar-refractivity contribution in [3.63, 3.8) is 0 Å². The van der Waals surface area contributed by atoms with Crippen molar-refractivity contribution in [1.82, 2.24) is 9.80 Å². The summed E-state index contributed by atoms with van der Waals surface area (Å²) in [6, 6.07) is 8.28. The van der Waals surface area contributed by atoms with Crippen molar-refractivity contribution in [2.75, 3.05) is 26.7 Å². The molecule has 2 fully saturated rings. The maximum Gasteiger partial charge on any atom is 0.254 e. The first kappa shape index (κ1) is 14.1. The predicted octanol–water partition coefficient (Wildman–Crippen LogP) is 2.17. The molecule has 0 spiro atoms. The van der Waals surface area contributed by atoms with Gasteiger partial charge in [0.1, 0.15) is 5.75 Å². The summed E-state index contributed by atoms with van der Waals surface area (Å²) >= 11 is 0. The lowest BCUT2D eigenvalue weighted by molar-refractivity contribution is 0.0732. The second-order valence-corrected chi connectivity index (χ2v) is 5.73. The smallest absolute Gasteiger partial charge is 0.254 e. The number of rotatable bonds is 4. The fraction of sp³-hybridized carbons (Fsp3) is 0.471. The maximum atomic E-state index is 12.8. The number of ether oxygens (including phenoxy) is 1. The van der Waals surface area contributed by atoms with E-state index in [0.717, 1.165) is 43.8 Å². The largest absolute Gasteiger partial charge is 0.497 e. The molecule has 2 atom stereocenters. The summed E-state index contributed by atoms with van der Waals surface area (Å²) in [6.45, 7) is 6.65. The Balaban J connectivity index is 1.75. The molecule has 21 heavy (non-hydrogen) atoms. The number of hydrogen-bond donors (Lipinski definition) is 0. The summed E-state index contributed by atoms with van der Waals surface area (Å²) in [4.78, 5) is 17.2. The van der Waals surface area contributed by atoms with Crippen LogP contribution < -0.4 is 4.74 Å². The summed E-state index contributed by atoms with van der Waals surface area (Å²) in [5, 5.41) is 0. The molecule has 2 saturated heterocycles. The van der Waals surface area contributed by atoms with Crippen molar-refractivity contribution in [2.24, 2.45) is 0 Å². The molecule has 0 N–H and O–H groups in total. The zero-order chi connectivity index (χ0) is 14.8. The Morgan fingerprint density at radius 3 is 2.95 bits per heavy atom. The quantitative estimate of drug-likeness (QED) is 0.795. The molecular formula is C17H22N2O2. The highest BCUT2D eigenvalue weighted by molar-refractivity contribution is 5.95. The van der Waals surface area contributed by atoms with Gasteiger partial charge in [-0.25, -0.2) is 0 Å². The normalized spacial score (nSPS) is 24.9. The van der Waals surface area contributed by atoms with Crippen molar-refractivity contribution < 1.29 is 9.53 Å². The molecule has 2 heterocycles. The monoisotopic (exact) mass is 286 g/mol. The highest BCUT2D eigenvalue weighted by Gasteiger charge is 2.43. The molecule has 0 radical (unpaired) electrons. The first-order valence-electron chi connectivity index (χ1n) is 7.54. The van der Waals surface area contributed by atoms with Gasteiger partial charge in [0.25, 0.3) is 5.91 Å². The van der Waals surface area contributed by atoms with E-state index in [4.69, 9.17) is 4.74 Å². The molecule has 1 aromatic carbocycles. The average Bonchev–Trinajstić information content (AvgIpc) is 3.10. The first-order chi connectivity index (χ1) is 10.2. The van der Waals surface area contributed by atoms with Gasteiger partial charge in [0.05, 0.1) is 7.11 Å². The molecule has 0 bridgehead atoms. The number of hydrogen-bond acceptors (Lipinski definition) is 3. The lowest BCUT2D eigenvalue weighted by atomic mass is 10.1. The fourth-order valence-electron chi connectivity index (χ4n) is 3.64. The van der Waals surface area contributed by atoms with Crippen LogP contribution in [0.4, 0.5) is 0 Å². The van der Waals surface area contributed by atoms with Crippen LogP contribution >= 0.6 is 0 Å². The third-order valence-corrected chi connectivity index (χ3v) is 4.63. The molecular weight excluding hydrogens is 264 g/mol. The van der Waals surface area contributed by atoms with Crippen molar-refractivity contribution in [2.45, 2.75) is 24.9 Å². The molecule has 112 valence electrons. The van der Waals surface area contributed by atoms with Gasteiger partial charge in [-0.1, -0.05) is 12.1 Å². The van der Waals surface area contributed by atoms with Gasteiger partial charge in [0.2, 0.25) is 0 Å². The fourth-order valence-corrected chi connectivity index (χ4v) is 3.64. The first-order valence-corrected chi connectivity index (χ1v) is 7.54. The molecule has 0 saturated carbocycles. The van der Waals surface area contributed by atoms with E-state index in [1.807, 2.05) is 35.2 Å². The van der Waals surface area contributed by atoms with Gasteiger partial charge in [-0.2, -0.15) is 0 Å². The summed E-state index contributed by atoms with van der Waals surface area (Å²) in [7, 11) is 1.62. The van der Waals surface area contributed by atoms with Crippen LogP contribution in [0.15, 0.2) is 36.9 Å². The Bertz CT molecular complexity index is 543. The van der Waals surface area contributed by atoms with Crippen LogP contribution in [0.25, 0.3) is 0 Å². The maximum absolute atomic E-state index is 12.8. The van der Waals surface area contributed by atoms with Gasteiger partial charge in [0.15, 0.2) is 0 Å². The zero-order valence-electron chi connectivity index (χ0n) is 12.5. The van der Waals surface area contributed by atoms with Crippen molar-refractivity contribution in [3.05, 3.63) is 42.5 Å². The van der Waals surface area contributed by atoms with E-state index in [2.05, 4.69) is 11.5 Å². The number of methoxy groups -OCH3 is 1.